The van der Waals surface area contributed by atoms with E-state index in [2.05, 4.69) is 0 Å². The Labute approximate surface area is 246 Å². The highest BCUT2D eigenvalue weighted by atomic mass is 32.1. The van der Waals surface area contributed by atoms with E-state index in [9.17, 15) is 25.2 Å². The van der Waals surface area contributed by atoms with E-state index in [1.54, 1.807) is 55.5 Å². The lowest BCUT2D eigenvalue weighted by Crippen LogP contribution is -2.01. The van der Waals surface area contributed by atoms with Gasteiger partial charge in [0, 0.05) is 15.6 Å². The zero-order valence-electron chi connectivity index (χ0n) is 22.5. The Morgan fingerprint density at radius 1 is 0.571 bits per heavy atom. The van der Waals surface area contributed by atoms with Gasteiger partial charge in [-0.15, -0.1) is 11.3 Å². The molecule has 42 heavy (non-hydrogen) atoms. The molecule has 0 atom stereocenters. The maximum atomic E-state index is 13.1. The summed E-state index contributed by atoms with van der Waals surface area (Å²) in [4.78, 5) is 13.5. The van der Waals surface area contributed by atoms with Gasteiger partial charge in [0.2, 0.25) is 0 Å². The lowest BCUT2D eigenvalue weighted by atomic mass is 9.81. The first-order chi connectivity index (χ1) is 20.3. The minimum Gasteiger partial charge on any atom is -0.508 e. The molecule has 0 bridgehead atoms. The average molecular weight is 575 g/mol. The number of carbonyl (C=O) groups is 1. The van der Waals surface area contributed by atoms with E-state index in [1.165, 1.54) is 11.3 Å². The van der Waals surface area contributed by atoms with Gasteiger partial charge in [-0.3, -0.25) is 0 Å². The number of hydrogen-bond acceptors (Lipinski definition) is 7. The molecule has 0 saturated heterocycles. The van der Waals surface area contributed by atoms with Gasteiger partial charge in [-0.2, -0.15) is 0 Å². The van der Waals surface area contributed by atoms with E-state index in [1.807, 2.05) is 54.6 Å². The second-order valence-corrected chi connectivity index (χ2v) is 10.8. The van der Waals surface area contributed by atoms with Gasteiger partial charge >= 0.3 is 5.97 Å². The van der Waals surface area contributed by atoms with Gasteiger partial charge in [-0.05, 0) is 100 Å². The van der Waals surface area contributed by atoms with Crippen LogP contribution in [0.1, 0.15) is 16.6 Å². The molecule has 0 amide bonds. The smallest absolute Gasteiger partial charge is 0.348 e. The third-order valence-electron chi connectivity index (χ3n) is 7.08. The Hall–Kier alpha value is -5.27. The number of ether oxygens (including phenoxy) is 1. The van der Waals surface area contributed by atoms with Crippen LogP contribution in [0.4, 0.5) is 0 Å². The molecular formula is C35H26O6S. The van der Waals surface area contributed by atoms with Crippen molar-refractivity contribution < 1.29 is 30.0 Å². The van der Waals surface area contributed by atoms with E-state index in [-0.39, 0.29) is 29.6 Å². The number of thiophene rings is 1. The zero-order valence-corrected chi connectivity index (χ0v) is 23.4. The molecule has 0 radical (unpaired) electrons. The summed E-state index contributed by atoms with van der Waals surface area (Å²) in [5.74, 6) is 0.0642. The van der Waals surface area contributed by atoms with Crippen LogP contribution < -0.4 is 0 Å². The number of fused-ring (bicyclic) bond motifs is 1. The molecule has 4 N–H and O–H groups in total. The number of aromatic hydroxyl groups is 4. The van der Waals surface area contributed by atoms with Gasteiger partial charge in [-0.25, -0.2) is 4.79 Å². The molecule has 0 aliphatic carbocycles. The Balaban J connectivity index is 1.86. The minimum atomic E-state index is -0.427. The SMILES string of the molecule is CCOC(=O)c1cc2c(-c3ccc(O)cc3)c(-c3ccc(O)cc3)c(-c3ccc(O)cc3)c(-c3ccc(O)cc3)c2s1. The van der Waals surface area contributed by atoms with Crippen molar-refractivity contribution in [3.8, 4) is 67.5 Å². The molecule has 0 aliphatic rings. The van der Waals surface area contributed by atoms with Crippen molar-refractivity contribution >= 4 is 27.4 Å². The third-order valence-corrected chi connectivity index (χ3v) is 8.21. The van der Waals surface area contributed by atoms with Gasteiger partial charge in [0.1, 0.15) is 27.9 Å². The predicted octanol–water partition coefficient (Wildman–Crippen LogP) is 8.57. The quantitative estimate of drug-likeness (QED) is 0.148. The van der Waals surface area contributed by atoms with Crippen LogP contribution >= 0.6 is 11.3 Å². The molecular weight excluding hydrogens is 548 g/mol. The third kappa shape index (κ3) is 4.91. The number of carbonyl (C=O) groups excluding carboxylic acids is 1. The summed E-state index contributed by atoms with van der Waals surface area (Å²) in [7, 11) is 0. The van der Waals surface area contributed by atoms with Gasteiger partial charge in [0.15, 0.2) is 0 Å². The minimum absolute atomic E-state index is 0.121. The van der Waals surface area contributed by atoms with Crippen LogP contribution in [0.25, 0.3) is 54.6 Å². The van der Waals surface area contributed by atoms with Crippen LogP contribution in [-0.2, 0) is 4.74 Å². The van der Waals surface area contributed by atoms with Gasteiger partial charge in [0.25, 0.3) is 0 Å². The topological polar surface area (TPSA) is 107 Å². The van der Waals surface area contributed by atoms with E-state index in [0.717, 1.165) is 54.6 Å². The Kier molecular flexibility index (Phi) is 7.02. The maximum absolute atomic E-state index is 13.1. The first-order valence-corrected chi connectivity index (χ1v) is 14.1. The average Bonchev–Trinajstić information content (AvgIpc) is 3.43. The fraction of sp³-hybridized carbons (Fsp3) is 0.0571. The molecule has 0 saturated carbocycles. The molecule has 0 spiro atoms. The van der Waals surface area contributed by atoms with E-state index in [4.69, 9.17) is 4.74 Å². The monoisotopic (exact) mass is 574 g/mol. The molecule has 5 aromatic carbocycles. The van der Waals surface area contributed by atoms with E-state index < -0.39 is 5.97 Å². The number of phenols is 4. The molecule has 208 valence electrons. The van der Waals surface area contributed by atoms with Gasteiger partial charge < -0.3 is 25.2 Å². The van der Waals surface area contributed by atoms with Crippen LogP contribution in [-0.4, -0.2) is 33.0 Å². The van der Waals surface area contributed by atoms with Crippen LogP contribution in [0.3, 0.4) is 0 Å². The van der Waals surface area contributed by atoms with Crippen molar-refractivity contribution in [3.63, 3.8) is 0 Å². The van der Waals surface area contributed by atoms with Crippen molar-refractivity contribution in [2.45, 2.75) is 6.92 Å². The van der Waals surface area contributed by atoms with E-state index >= 15 is 0 Å². The summed E-state index contributed by atoms with van der Waals surface area (Å²) in [6.45, 7) is 2.00. The number of esters is 1. The second-order valence-electron chi connectivity index (χ2n) is 9.76. The summed E-state index contributed by atoms with van der Waals surface area (Å²) >= 11 is 1.33. The molecule has 6 nitrogen and oxygen atoms in total. The normalized spacial score (nSPS) is 11.1. The second kappa shape index (κ2) is 11.0. The fourth-order valence-electron chi connectivity index (χ4n) is 5.23. The number of hydrogen-bond donors (Lipinski definition) is 4. The van der Waals surface area contributed by atoms with Crippen molar-refractivity contribution in [2.75, 3.05) is 6.61 Å². The fourth-order valence-corrected chi connectivity index (χ4v) is 6.36. The molecule has 0 aliphatic heterocycles. The highest BCUT2D eigenvalue weighted by molar-refractivity contribution is 7.21. The molecule has 0 unspecified atom stereocenters. The van der Waals surface area contributed by atoms with Gasteiger partial charge in [-0.1, -0.05) is 48.5 Å². The highest BCUT2D eigenvalue weighted by Crippen LogP contribution is 2.53. The molecule has 1 aromatic heterocycles. The van der Waals surface area contributed by atoms with Gasteiger partial charge in [0.05, 0.1) is 6.61 Å². The van der Waals surface area contributed by atoms with Crippen LogP contribution in [0.15, 0.2) is 103 Å². The summed E-state index contributed by atoms with van der Waals surface area (Å²) < 4.78 is 6.22. The lowest BCUT2D eigenvalue weighted by Gasteiger charge is -2.22. The lowest BCUT2D eigenvalue weighted by molar-refractivity contribution is 0.0532. The molecule has 7 heteroatoms. The van der Waals surface area contributed by atoms with E-state index in [0.29, 0.717) is 4.88 Å². The largest absolute Gasteiger partial charge is 0.508 e. The summed E-state index contributed by atoms with van der Waals surface area (Å²) in [5.41, 5.74) is 6.57. The molecule has 1 heterocycles. The Morgan fingerprint density at radius 2 is 0.929 bits per heavy atom. The standard InChI is InChI=1S/C35H26O6S/c1-2-41-35(40)29-19-28-30(20-3-11-24(36)12-4-20)31(21-5-13-25(37)14-6-21)32(22-7-15-26(38)16-8-22)33(34(28)42-29)23-9-17-27(39)18-10-23/h3-19,36-39H,2H2,1H3. The first-order valence-electron chi connectivity index (χ1n) is 13.3. The Morgan fingerprint density at radius 3 is 1.33 bits per heavy atom. The van der Waals surface area contributed by atoms with Crippen molar-refractivity contribution in [2.24, 2.45) is 0 Å². The molecule has 6 aromatic rings. The predicted molar refractivity (Wildman–Crippen MR) is 166 cm³/mol. The van der Waals surface area contributed by atoms with Crippen LogP contribution in [0.5, 0.6) is 23.0 Å². The van der Waals surface area contributed by atoms with Crippen molar-refractivity contribution in [1.82, 2.24) is 0 Å². The summed E-state index contributed by atoms with van der Waals surface area (Å²) in [6, 6.07) is 29.5. The zero-order chi connectivity index (χ0) is 29.4. The summed E-state index contributed by atoms with van der Waals surface area (Å²) in [6.07, 6.45) is 0. The molecule has 6 rings (SSSR count). The first kappa shape index (κ1) is 26.9. The van der Waals surface area contributed by atoms with Crippen molar-refractivity contribution in [1.29, 1.82) is 0 Å². The number of phenolic OH excluding ortho intramolecular Hbond substituents is 4. The Bertz CT molecular complexity index is 1770. The molecule has 0 fully saturated rings. The van der Waals surface area contributed by atoms with Crippen LogP contribution in [0.2, 0.25) is 0 Å². The maximum Gasteiger partial charge on any atom is 0.348 e. The van der Waals surface area contributed by atoms with Crippen molar-refractivity contribution in [3.05, 3.63) is 108 Å². The number of benzene rings is 5. The van der Waals surface area contributed by atoms with Crippen LogP contribution in [0, 0.1) is 0 Å². The number of rotatable bonds is 6. The summed E-state index contributed by atoms with van der Waals surface area (Å²) in [5, 5.41) is 41.3. The highest BCUT2D eigenvalue weighted by Gasteiger charge is 2.27.